The average molecular weight is 173 g/mol. The van der Waals surface area contributed by atoms with Crippen molar-refractivity contribution in [3.05, 3.63) is 0 Å². The van der Waals surface area contributed by atoms with Gasteiger partial charge >= 0.3 is 6.09 Å². The van der Waals surface area contributed by atoms with Crippen molar-refractivity contribution in [2.24, 2.45) is 5.92 Å². The van der Waals surface area contributed by atoms with Gasteiger partial charge in [0.1, 0.15) is 0 Å². The first-order valence-corrected chi connectivity index (χ1v) is 4.40. The Hall–Kier alpha value is -0.730. The average Bonchev–Trinajstić information content (AvgIpc) is 2.02. The fourth-order valence-electron chi connectivity index (χ4n) is 0.839. The lowest BCUT2D eigenvalue weighted by molar-refractivity contribution is 0.0958. The molecule has 0 bridgehead atoms. The molecule has 1 atom stereocenters. The van der Waals surface area contributed by atoms with Gasteiger partial charge in [0.05, 0.1) is 6.61 Å². The Balaban J connectivity index is 4.00. The third-order valence-corrected chi connectivity index (χ3v) is 2.13. The second kappa shape index (κ2) is 5.01. The minimum atomic E-state index is -0.237. The highest BCUT2D eigenvalue weighted by Gasteiger charge is 2.18. The Labute approximate surface area is 74.7 Å². The summed E-state index contributed by atoms with van der Waals surface area (Å²) < 4.78 is 4.86. The fourth-order valence-corrected chi connectivity index (χ4v) is 0.839. The maximum atomic E-state index is 11.2. The molecule has 0 heterocycles. The minimum absolute atomic E-state index is 0.226. The van der Waals surface area contributed by atoms with Crippen LogP contribution in [-0.4, -0.2) is 30.7 Å². The van der Waals surface area contributed by atoms with Crippen LogP contribution >= 0.6 is 0 Å². The third kappa shape index (κ3) is 3.11. The van der Waals surface area contributed by atoms with Gasteiger partial charge in [0.2, 0.25) is 0 Å². The lowest BCUT2D eigenvalue weighted by Gasteiger charge is -2.26. The molecule has 0 radical (unpaired) electrons. The number of nitrogens with zero attached hydrogens (tertiary/aromatic N) is 1. The third-order valence-electron chi connectivity index (χ3n) is 2.13. The number of hydrogen-bond donors (Lipinski definition) is 0. The zero-order chi connectivity index (χ0) is 9.72. The van der Waals surface area contributed by atoms with E-state index in [4.69, 9.17) is 4.74 Å². The highest BCUT2D eigenvalue weighted by atomic mass is 16.6. The standard InChI is InChI=1S/C9H19NO2/c1-6-12-9(11)10(5)8(4)7(2)3/h7-8H,6H2,1-5H3/t8-/m1/s1. The molecule has 0 aliphatic rings. The molecule has 0 rings (SSSR count). The van der Waals surface area contributed by atoms with Crippen LogP contribution in [0.1, 0.15) is 27.7 Å². The smallest absolute Gasteiger partial charge is 0.409 e. The van der Waals surface area contributed by atoms with E-state index in [1.165, 1.54) is 0 Å². The molecule has 3 heteroatoms. The van der Waals surface area contributed by atoms with Gasteiger partial charge in [-0.25, -0.2) is 4.79 Å². The van der Waals surface area contributed by atoms with E-state index in [1.54, 1.807) is 11.9 Å². The van der Waals surface area contributed by atoms with Crippen molar-refractivity contribution in [1.82, 2.24) is 4.90 Å². The van der Waals surface area contributed by atoms with Gasteiger partial charge in [-0.1, -0.05) is 13.8 Å². The fraction of sp³-hybridized carbons (Fsp3) is 0.889. The van der Waals surface area contributed by atoms with Gasteiger partial charge < -0.3 is 9.64 Å². The molecule has 0 aliphatic carbocycles. The van der Waals surface area contributed by atoms with Gasteiger partial charge in [-0.15, -0.1) is 0 Å². The second-order valence-electron chi connectivity index (χ2n) is 3.29. The summed E-state index contributed by atoms with van der Waals surface area (Å²) >= 11 is 0. The molecule has 0 aromatic rings. The Morgan fingerprint density at radius 2 is 1.92 bits per heavy atom. The van der Waals surface area contributed by atoms with Crippen molar-refractivity contribution in [1.29, 1.82) is 0 Å². The summed E-state index contributed by atoms with van der Waals surface area (Å²) in [4.78, 5) is 12.8. The maximum Gasteiger partial charge on any atom is 0.409 e. The number of hydrogen-bond acceptors (Lipinski definition) is 2. The van der Waals surface area contributed by atoms with E-state index in [2.05, 4.69) is 13.8 Å². The Morgan fingerprint density at radius 3 is 2.25 bits per heavy atom. The highest BCUT2D eigenvalue weighted by molar-refractivity contribution is 5.67. The van der Waals surface area contributed by atoms with Gasteiger partial charge in [0.15, 0.2) is 0 Å². The van der Waals surface area contributed by atoms with E-state index < -0.39 is 0 Å². The number of rotatable bonds is 3. The number of carbonyl (C=O) groups is 1. The van der Waals surface area contributed by atoms with Crippen molar-refractivity contribution in [3.8, 4) is 0 Å². The molecule has 0 spiro atoms. The zero-order valence-corrected chi connectivity index (χ0v) is 8.63. The largest absolute Gasteiger partial charge is 0.450 e. The molecule has 3 nitrogen and oxygen atoms in total. The minimum Gasteiger partial charge on any atom is -0.450 e. The van der Waals surface area contributed by atoms with Gasteiger partial charge in [-0.3, -0.25) is 0 Å². The molecule has 0 aromatic heterocycles. The molecule has 0 unspecified atom stereocenters. The van der Waals surface area contributed by atoms with Gasteiger partial charge in [-0.2, -0.15) is 0 Å². The van der Waals surface area contributed by atoms with E-state index in [1.807, 2.05) is 13.8 Å². The molecule has 0 saturated heterocycles. The number of carbonyl (C=O) groups excluding carboxylic acids is 1. The van der Waals surface area contributed by atoms with E-state index in [0.717, 1.165) is 0 Å². The van der Waals surface area contributed by atoms with E-state index in [9.17, 15) is 4.79 Å². The number of amides is 1. The van der Waals surface area contributed by atoms with Crippen LogP contribution in [0.3, 0.4) is 0 Å². The Kier molecular flexibility index (Phi) is 4.71. The summed E-state index contributed by atoms with van der Waals surface area (Å²) in [5.41, 5.74) is 0. The molecular formula is C9H19NO2. The molecule has 0 aliphatic heterocycles. The monoisotopic (exact) mass is 173 g/mol. The molecule has 12 heavy (non-hydrogen) atoms. The molecular weight excluding hydrogens is 154 g/mol. The molecule has 0 fully saturated rings. The maximum absolute atomic E-state index is 11.2. The Morgan fingerprint density at radius 1 is 1.42 bits per heavy atom. The normalized spacial score (nSPS) is 12.8. The predicted octanol–water partition coefficient (Wildman–Crippen LogP) is 2.12. The summed E-state index contributed by atoms with van der Waals surface area (Å²) in [6.45, 7) is 8.43. The summed E-state index contributed by atoms with van der Waals surface area (Å²) in [5.74, 6) is 0.458. The van der Waals surface area contributed by atoms with E-state index in [0.29, 0.717) is 12.5 Å². The van der Waals surface area contributed by atoms with Crippen molar-refractivity contribution in [2.45, 2.75) is 33.7 Å². The van der Waals surface area contributed by atoms with Crippen molar-refractivity contribution >= 4 is 6.09 Å². The van der Waals surface area contributed by atoms with Crippen molar-refractivity contribution < 1.29 is 9.53 Å². The first-order chi connectivity index (χ1) is 5.50. The van der Waals surface area contributed by atoms with Crippen molar-refractivity contribution in [3.63, 3.8) is 0 Å². The lowest BCUT2D eigenvalue weighted by atomic mass is 10.1. The number of ether oxygens (including phenoxy) is 1. The molecule has 0 aromatic carbocycles. The van der Waals surface area contributed by atoms with Crippen LogP contribution in [-0.2, 0) is 4.74 Å². The topological polar surface area (TPSA) is 29.5 Å². The van der Waals surface area contributed by atoms with E-state index in [-0.39, 0.29) is 12.1 Å². The van der Waals surface area contributed by atoms with Gasteiger partial charge in [0.25, 0.3) is 0 Å². The first kappa shape index (κ1) is 11.3. The van der Waals surface area contributed by atoms with E-state index >= 15 is 0 Å². The van der Waals surface area contributed by atoms with Crippen LogP contribution in [0.5, 0.6) is 0 Å². The molecule has 72 valence electrons. The van der Waals surface area contributed by atoms with Crippen LogP contribution in [0.25, 0.3) is 0 Å². The highest BCUT2D eigenvalue weighted by Crippen LogP contribution is 2.08. The van der Waals surface area contributed by atoms with Gasteiger partial charge in [-0.05, 0) is 19.8 Å². The van der Waals surface area contributed by atoms with Crippen LogP contribution < -0.4 is 0 Å². The zero-order valence-electron chi connectivity index (χ0n) is 8.63. The van der Waals surface area contributed by atoms with Gasteiger partial charge in [0, 0.05) is 13.1 Å². The lowest BCUT2D eigenvalue weighted by Crippen LogP contribution is -2.38. The Bertz CT molecular complexity index is 145. The SMILES string of the molecule is CCOC(=O)N(C)[C@H](C)C(C)C. The van der Waals surface area contributed by atoms with Crippen LogP contribution in [0, 0.1) is 5.92 Å². The summed E-state index contributed by atoms with van der Waals surface area (Å²) in [6, 6.07) is 0.226. The van der Waals surface area contributed by atoms with Crippen LogP contribution in [0.15, 0.2) is 0 Å². The van der Waals surface area contributed by atoms with Crippen LogP contribution in [0.2, 0.25) is 0 Å². The predicted molar refractivity (Wildman–Crippen MR) is 49.1 cm³/mol. The van der Waals surface area contributed by atoms with Crippen LogP contribution in [0.4, 0.5) is 4.79 Å². The molecule has 0 N–H and O–H groups in total. The summed E-state index contributed by atoms with van der Waals surface area (Å²) in [6.07, 6.45) is -0.237. The first-order valence-electron chi connectivity index (χ1n) is 4.40. The molecule has 1 amide bonds. The quantitative estimate of drug-likeness (QED) is 0.654. The van der Waals surface area contributed by atoms with Crippen molar-refractivity contribution in [2.75, 3.05) is 13.7 Å². The summed E-state index contributed by atoms with van der Waals surface area (Å²) in [7, 11) is 1.77. The second-order valence-corrected chi connectivity index (χ2v) is 3.29. The molecule has 0 saturated carbocycles. The summed E-state index contributed by atoms with van der Waals surface area (Å²) in [5, 5.41) is 0.